The van der Waals surface area contributed by atoms with E-state index in [4.69, 9.17) is 4.98 Å². The van der Waals surface area contributed by atoms with E-state index in [1.807, 2.05) is 12.1 Å². The summed E-state index contributed by atoms with van der Waals surface area (Å²) in [4.78, 5) is 19.2. The zero-order chi connectivity index (χ0) is 27.8. The van der Waals surface area contributed by atoms with Gasteiger partial charge in [-0.25, -0.2) is 9.78 Å². The molecule has 0 saturated carbocycles. The first-order valence-corrected chi connectivity index (χ1v) is 14.1. The Kier molecular flexibility index (Phi) is 9.72. The second kappa shape index (κ2) is 13.4. The highest BCUT2D eigenvalue weighted by Gasteiger charge is 2.22. The first kappa shape index (κ1) is 28.3. The van der Waals surface area contributed by atoms with E-state index in [1.54, 1.807) is 12.1 Å². The summed E-state index contributed by atoms with van der Waals surface area (Å²) in [6.45, 7) is 12.3. The summed E-state index contributed by atoms with van der Waals surface area (Å²) in [7, 11) is 0. The van der Waals surface area contributed by atoms with Gasteiger partial charge >= 0.3 is 5.97 Å². The van der Waals surface area contributed by atoms with Crippen molar-refractivity contribution >= 4 is 5.97 Å². The van der Waals surface area contributed by atoms with E-state index in [-0.39, 0.29) is 0 Å². The molecule has 0 aliphatic carbocycles. The van der Waals surface area contributed by atoms with Gasteiger partial charge in [0, 0.05) is 30.8 Å². The van der Waals surface area contributed by atoms with Gasteiger partial charge < -0.3 is 9.67 Å². The van der Waals surface area contributed by atoms with Crippen molar-refractivity contribution in [1.29, 1.82) is 0 Å². The van der Waals surface area contributed by atoms with Gasteiger partial charge in [-0.15, -0.1) is 0 Å². The maximum absolute atomic E-state index is 11.4. The molecule has 0 unspecified atom stereocenters. The Morgan fingerprint density at radius 3 is 2.28 bits per heavy atom. The number of carboxylic acids is 1. The Morgan fingerprint density at radius 1 is 0.949 bits per heavy atom. The molecular formula is C34H41N3O2. The second-order valence-electron chi connectivity index (χ2n) is 10.8. The van der Waals surface area contributed by atoms with Gasteiger partial charge in [-0.1, -0.05) is 93.9 Å². The number of carboxylic acid groups (broad SMARTS) is 1. The minimum Gasteiger partial charge on any atom is -0.478 e. The zero-order valence-electron chi connectivity index (χ0n) is 23.7. The van der Waals surface area contributed by atoms with Crippen molar-refractivity contribution in [3.05, 3.63) is 101 Å². The maximum Gasteiger partial charge on any atom is 0.335 e. The fraction of sp³-hybridized carbons (Fsp3) is 0.353. The van der Waals surface area contributed by atoms with Crippen LogP contribution in [-0.4, -0.2) is 32.1 Å². The van der Waals surface area contributed by atoms with Crippen LogP contribution in [0.2, 0.25) is 0 Å². The molecule has 0 amide bonds. The van der Waals surface area contributed by atoms with Gasteiger partial charge in [-0.05, 0) is 55.5 Å². The molecule has 0 radical (unpaired) electrons. The lowest BCUT2D eigenvalue weighted by Crippen LogP contribution is -2.27. The molecule has 4 rings (SSSR count). The van der Waals surface area contributed by atoms with E-state index < -0.39 is 5.97 Å². The summed E-state index contributed by atoms with van der Waals surface area (Å²) in [5, 5.41) is 9.33. The molecule has 0 saturated heterocycles. The molecule has 1 N–H and O–H groups in total. The predicted molar refractivity (Wildman–Crippen MR) is 160 cm³/mol. The summed E-state index contributed by atoms with van der Waals surface area (Å²) < 4.78 is 2.45. The number of hydrogen-bond acceptors (Lipinski definition) is 3. The van der Waals surface area contributed by atoms with Gasteiger partial charge in [-0.3, -0.25) is 4.90 Å². The monoisotopic (exact) mass is 523 g/mol. The molecule has 39 heavy (non-hydrogen) atoms. The van der Waals surface area contributed by atoms with Crippen molar-refractivity contribution in [3.8, 4) is 22.6 Å². The first-order chi connectivity index (χ1) is 18.9. The topological polar surface area (TPSA) is 58.4 Å². The Bertz CT molecular complexity index is 1360. The molecule has 0 atom stereocenters. The highest BCUT2D eigenvalue weighted by Crippen LogP contribution is 2.32. The van der Waals surface area contributed by atoms with Crippen LogP contribution < -0.4 is 0 Å². The fourth-order valence-electron chi connectivity index (χ4n) is 4.94. The smallest absolute Gasteiger partial charge is 0.335 e. The zero-order valence-corrected chi connectivity index (χ0v) is 23.7. The van der Waals surface area contributed by atoms with Crippen LogP contribution in [0.15, 0.2) is 78.9 Å². The van der Waals surface area contributed by atoms with Crippen molar-refractivity contribution in [2.75, 3.05) is 6.54 Å². The van der Waals surface area contributed by atoms with Crippen LogP contribution in [0.5, 0.6) is 0 Å². The first-order valence-electron chi connectivity index (χ1n) is 14.1. The third-order valence-electron chi connectivity index (χ3n) is 7.24. The molecule has 4 aromatic rings. The minimum atomic E-state index is -0.894. The van der Waals surface area contributed by atoms with E-state index in [9.17, 15) is 9.90 Å². The van der Waals surface area contributed by atoms with Crippen LogP contribution in [0, 0.1) is 12.8 Å². The van der Waals surface area contributed by atoms with E-state index in [1.165, 1.54) is 16.8 Å². The van der Waals surface area contributed by atoms with Gasteiger partial charge in [0.1, 0.15) is 5.82 Å². The number of aromatic nitrogens is 2. The van der Waals surface area contributed by atoms with Crippen LogP contribution in [-0.2, 0) is 19.6 Å². The number of aromatic carboxylic acids is 1. The molecule has 0 bridgehead atoms. The lowest BCUT2D eigenvalue weighted by atomic mass is 10.1. The second-order valence-corrected chi connectivity index (χ2v) is 10.8. The predicted octanol–water partition coefficient (Wildman–Crippen LogP) is 8.07. The SMILES string of the molecule is CCCCn1c(-c2ccccc2C)nc(-c2ccccc2)c1CN(CCC(C)C)Cc1ccc(C(=O)O)cc1. The van der Waals surface area contributed by atoms with Crippen molar-refractivity contribution in [2.45, 2.75) is 66.6 Å². The summed E-state index contributed by atoms with van der Waals surface area (Å²) >= 11 is 0. The van der Waals surface area contributed by atoms with Gasteiger partial charge in [0.05, 0.1) is 17.0 Å². The number of unbranched alkanes of at least 4 members (excludes halogenated alkanes) is 1. The van der Waals surface area contributed by atoms with Crippen LogP contribution >= 0.6 is 0 Å². The number of benzene rings is 3. The minimum absolute atomic E-state index is 0.319. The average Bonchev–Trinajstić information content (AvgIpc) is 3.29. The summed E-state index contributed by atoms with van der Waals surface area (Å²) in [6, 6.07) is 26.3. The van der Waals surface area contributed by atoms with Gasteiger partial charge in [0.2, 0.25) is 0 Å². The molecule has 3 aromatic carbocycles. The Morgan fingerprint density at radius 2 is 1.64 bits per heavy atom. The van der Waals surface area contributed by atoms with Gasteiger partial charge in [-0.2, -0.15) is 0 Å². The van der Waals surface area contributed by atoms with Gasteiger partial charge in [0.25, 0.3) is 0 Å². The third kappa shape index (κ3) is 7.24. The molecule has 1 aromatic heterocycles. The highest BCUT2D eigenvalue weighted by atomic mass is 16.4. The van der Waals surface area contributed by atoms with E-state index in [2.05, 4.69) is 91.8 Å². The summed E-state index contributed by atoms with van der Waals surface area (Å²) in [6.07, 6.45) is 3.28. The fourth-order valence-corrected chi connectivity index (χ4v) is 4.94. The number of rotatable bonds is 13. The Labute approximate surface area is 233 Å². The lowest BCUT2D eigenvalue weighted by Gasteiger charge is -2.25. The van der Waals surface area contributed by atoms with Crippen LogP contribution in [0.1, 0.15) is 67.2 Å². The average molecular weight is 524 g/mol. The van der Waals surface area contributed by atoms with Crippen molar-refractivity contribution in [3.63, 3.8) is 0 Å². The largest absolute Gasteiger partial charge is 0.478 e. The van der Waals surface area contributed by atoms with Crippen LogP contribution in [0.3, 0.4) is 0 Å². The highest BCUT2D eigenvalue weighted by molar-refractivity contribution is 5.87. The van der Waals surface area contributed by atoms with Gasteiger partial charge in [0.15, 0.2) is 0 Å². The number of nitrogens with zero attached hydrogens (tertiary/aromatic N) is 3. The number of hydrogen-bond donors (Lipinski definition) is 1. The molecule has 1 heterocycles. The molecule has 0 aliphatic rings. The number of aryl methyl sites for hydroxylation is 1. The van der Waals surface area contributed by atoms with E-state index >= 15 is 0 Å². The van der Waals surface area contributed by atoms with E-state index in [0.29, 0.717) is 11.5 Å². The summed E-state index contributed by atoms with van der Waals surface area (Å²) in [5.41, 5.74) is 7.24. The Hall–Kier alpha value is -3.70. The van der Waals surface area contributed by atoms with E-state index in [0.717, 1.165) is 68.1 Å². The maximum atomic E-state index is 11.4. The van der Waals surface area contributed by atoms with Crippen molar-refractivity contribution in [2.24, 2.45) is 5.92 Å². The third-order valence-corrected chi connectivity index (χ3v) is 7.24. The molecule has 204 valence electrons. The number of carbonyl (C=O) groups is 1. The molecular weight excluding hydrogens is 482 g/mol. The Balaban J connectivity index is 1.80. The molecule has 0 spiro atoms. The molecule has 0 fully saturated rings. The summed E-state index contributed by atoms with van der Waals surface area (Å²) in [5.74, 6) is 0.724. The van der Waals surface area contributed by atoms with Crippen LogP contribution in [0.25, 0.3) is 22.6 Å². The lowest BCUT2D eigenvalue weighted by molar-refractivity contribution is 0.0697. The van der Waals surface area contributed by atoms with Crippen LogP contribution in [0.4, 0.5) is 0 Å². The number of imidazole rings is 1. The molecule has 5 nitrogen and oxygen atoms in total. The van der Waals surface area contributed by atoms with Crippen molar-refractivity contribution in [1.82, 2.24) is 14.5 Å². The normalized spacial score (nSPS) is 11.4. The quantitative estimate of drug-likeness (QED) is 0.192. The standard InChI is InChI=1S/C34H41N3O2/c1-5-6-21-37-31(24-36(22-20-25(2)3)23-27-16-18-29(19-17-27)34(38)39)32(28-13-8-7-9-14-28)35-33(37)30-15-11-10-12-26(30)4/h7-19,25H,5-6,20-24H2,1-4H3,(H,38,39). The molecule has 0 aliphatic heterocycles. The molecule has 5 heteroatoms. The van der Waals surface area contributed by atoms with Crippen molar-refractivity contribution < 1.29 is 9.90 Å².